The lowest BCUT2D eigenvalue weighted by Crippen LogP contribution is -2.01. The van der Waals surface area contributed by atoms with E-state index in [-0.39, 0.29) is 6.10 Å². The fourth-order valence-electron chi connectivity index (χ4n) is 1.50. The lowest BCUT2D eigenvalue weighted by molar-refractivity contribution is 0.180. The Morgan fingerprint density at radius 1 is 1.47 bits per heavy atom. The van der Waals surface area contributed by atoms with Crippen LogP contribution >= 0.6 is 0 Å². The van der Waals surface area contributed by atoms with Crippen LogP contribution in [0.5, 0.6) is 0 Å². The molecule has 0 aliphatic rings. The summed E-state index contributed by atoms with van der Waals surface area (Å²) < 4.78 is 5.12. The first-order valence-electron chi connectivity index (χ1n) is 5.58. The molecule has 0 aliphatic heterocycles. The first-order chi connectivity index (χ1) is 8.16. The molecule has 2 rings (SSSR count). The van der Waals surface area contributed by atoms with E-state index in [4.69, 9.17) is 4.52 Å². The van der Waals surface area contributed by atoms with Gasteiger partial charge in [0.05, 0.1) is 6.10 Å². The van der Waals surface area contributed by atoms with E-state index >= 15 is 0 Å². The maximum absolute atomic E-state index is 9.18. The minimum atomic E-state index is -0.356. The molecule has 0 aromatic carbocycles. The van der Waals surface area contributed by atoms with E-state index in [1.807, 2.05) is 13.0 Å². The Labute approximate surface area is 99.5 Å². The normalized spacial score (nSPS) is 12.6. The molecular formula is C12H15N3O2. The van der Waals surface area contributed by atoms with Crippen LogP contribution < -0.4 is 0 Å². The van der Waals surface area contributed by atoms with E-state index in [0.29, 0.717) is 24.6 Å². The third kappa shape index (κ3) is 2.88. The summed E-state index contributed by atoms with van der Waals surface area (Å²) >= 11 is 0. The Morgan fingerprint density at radius 2 is 2.29 bits per heavy atom. The zero-order chi connectivity index (χ0) is 12.3. The number of aliphatic hydroxyl groups excluding tert-OH is 1. The summed E-state index contributed by atoms with van der Waals surface area (Å²) in [4.78, 5) is 8.33. The second kappa shape index (κ2) is 5.05. The van der Waals surface area contributed by atoms with E-state index in [1.54, 1.807) is 19.3 Å². The van der Waals surface area contributed by atoms with Gasteiger partial charge in [-0.05, 0) is 31.9 Å². The second-order valence-electron chi connectivity index (χ2n) is 4.09. The molecule has 0 saturated carbocycles. The van der Waals surface area contributed by atoms with Crippen molar-refractivity contribution < 1.29 is 9.63 Å². The van der Waals surface area contributed by atoms with Gasteiger partial charge < -0.3 is 9.63 Å². The fraction of sp³-hybridized carbons (Fsp3) is 0.417. The molecule has 1 N–H and O–H groups in total. The van der Waals surface area contributed by atoms with Gasteiger partial charge in [-0.15, -0.1) is 0 Å². The Bertz CT molecular complexity index is 494. The van der Waals surface area contributed by atoms with Crippen LogP contribution in [0.1, 0.15) is 24.8 Å². The Kier molecular flexibility index (Phi) is 3.49. The van der Waals surface area contributed by atoms with Crippen LogP contribution in [-0.2, 0) is 6.42 Å². The van der Waals surface area contributed by atoms with Gasteiger partial charge in [0.15, 0.2) is 0 Å². The standard InChI is InChI=1S/C12H15N3O2/c1-8-5-6-13-7-10(8)12-14-11(17-15-12)4-3-9(2)16/h5-7,9,16H,3-4H2,1-2H3. The van der Waals surface area contributed by atoms with E-state index in [0.717, 1.165) is 11.1 Å². The van der Waals surface area contributed by atoms with Crippen LogP contribution in [-0.4, -0.2) is 26.3 Å². The van der Waals surface area contributed by atoms with Gasteiger partial charge >= 0.3 is 0 Å². The van der Waals surface area contributed by atoms with E-state index in [2.05, 4.69) is 15.1 Å². The maximum atomic E-state index is 9.18. The van der Waals surface area contributed by atoms with E-state index in [1.165, 1.54) is 0 Å². The quantitative estimate of drug-likeness (QED) is 0.871. The average molecular weight is 233 g/mol. The summed E-state index contributed by atoms with van der Waals surface area (Å²) in [5.41, 5.74) is 1.93. The molecule has 2 heterocycles. The van der Waals surface area contributed by atoms with Crippen molar-refractivity contribution in [3.05, 3.63) is 29.9 Å². The molecule has 0 amide bonds. The van der Waals surface area contributed by atoms with Gasteiger partial charge in [0.2, 0.25) is 11.7 Å². The third-order valence-corrected chi connectivity index (χ3v) is 2.52. The van der Waals surface area contributed by atoms with Gasteiger partial charge in [-0.25, -0.2) is 0 Å². The Morgan fingerprint density at radius 3 is 3.00 bits per heavy atom. The lowest BCUT2D eigenvalue weighted by atomic mass is 10.1. The van der Waals surface area contributed by atoms with Crippen LogP contribution in [0.3, 0.4) is 0 Å². The number of hydrogen-bond acceptors (Lipinski definition) is 5. The first-order valence-corrected chi connectivity index (χ1v) is 5.58. The molecule has 17 heavy (non-hydrogen) atoms. The molecule has 2 aromatic rings. The minimum absolute atomic E-state index is 0.356. The molecule has 1 unspecified atom stereocenters. The highest BCUT2D eigenvalue weighted by atomic mass is 16.5. The number of aliphatic hydroxyl groups is 1. The van der Waals surface area contributed by atoms with E-state index < -0.39 is 0 Å². The minimum Gasteiger partial charge on any atom is -0.393 e. The van der Waals surface area contributed by atoms with Gasteiger partial charge in [0.1, 0.15) is 0 Å². The van der Waals surface area contributed by atoms with Gasteiger partial charge in [-0.2, -0.15) is 4.98 Å². The summed E-state index contributed by atoms with van der Waals surface area (Å²) in [6.07, 6.45) is 4.30. The van der Waals surface area contributed by atoms with Crippen LogP contribution in [0.4, 0.5) is 0 Å². The molecule has 0 bridgehead atoms. The highest BCUT2D eigenvalue weighted by molar-refractivity contribution is 5.57. The molecule has 90 valence electrons. The Balaban J connectivity index is 2.16. The lowest BCUT2D eigenvalue weighted by Gasteiger charge is -1.98. The molecule has 1 atom stereocenters. The number of pyridine rings is 1. The van der Waals surface area contributed by atoms with Crippen molar-refractivity contribution in [2.75, 3.05) is 0 Å². The van der Waals surface area contributed by atoms with Crippen molar-refractivity contribution in [1.29, 1.82) is 0 Å². The predicted octanol–water partition coefficient (Wildman–Crippen LogP) is 1.75. The number of hydrogen-bond donors (Lipinski definition) is 1. The monoisotopic (exact) mass is 233 g/mol. The summed E-state index contributed by atoms with van der Waals surface area (Å²) in [6, 6.07) is 1.90. The molecule has 5 nitrogen and oxygen atoms in total. The largest absolute Gasteiger partial charge is 0.393 e. The van der Waals surface area contributed by atoms with Crippen molar-refractivity contribution in [3.8, 4) is 11.4 Å². The maximum Gasteiger partial charge on any atom is 0.227 e. The second-order valence-corrected chi connectivity index (χ2v) is 4.09. The molecule has 0 saturated heterocycles. The SMILES string of the molecule is Cc1ccncc1-c1noc(CCC(C)O)n1. The van der Waals surface area contributed by atoms with Crippen molar-refractivity contribution >= 4 is 0 Å². The van der Waals surface area contributed by atoms with Crippen molar-refractivity contribution in [2.45, 2.75) is 32.8 Å². The van der Waals surface area contributed by atoms with Gasteiger partial charge in [-0.1, -0.05) is 5.16 Å². The summed E-state index contributed by atoms with van der Waals surface area (Å²) in [5.74, 6) is 1.10. The van der Waals surface area contributed by atoms with Crippen LogP contribution in [0.25, 0.3) is 11.4 Å². The van der Waals surface area contributed by atoms with Gasteiger partial charge in [-0.3, -0.25) is 4.98 Å². The number of aryl methyl sites for hydroxylation is 2. The molecule has 0 radical (unpaired) electrons. The molecule has 2 aromatic heterocycles. The molecule has 0 fully saturated rings. The molecule has 0 spiro atoms. The first kappa shape index (κ1) is 11.7. The van der Waals surface area contributed by atoms with Crippen molar-refractivity contribution in [3.63, 3.8) is 0 Å². The smallest absolute Gasteiger partial charge is 0.227 e. The molecule has 0 aliphatic carbocycles. The van der Waals surface area contributed by atoms with Crippen LogP contribution in [0, 0.1) is 6.92 Å². The predicted molar refractivity (Wildman–Crippen MR) is 62.3 cm³/mol. The highest BCUT2D eigenvalue weighted by Crippen LogP contribution is 2.19. The molecule has 5 heteroatoms. The zero-order valence-corrected chi connectivity index (χ0v) is 9.92. The summed E-state index contributed by atoms with van der Waals surface area (Å²) in [7, 11) is 0. The van der Waals surface area contributed by atoms with Gasteiger partial charge in [0, 0.05) is 24.4 Å². The van der Waals surface area contributed by atoms with Gasteiger partial charge in [0.25, 0.3) is 0 Å². The van der Waals surface area contributed by atoms with Crippen molar-refractivity contribution in [1.82, 2.24) is 15.1 Å². The number of nitrogens with zero attached hydrogens (tertiary/aromatic N) is 3. The highest BCUT2D eigenvalue weighted by Gasteiger charge is 2.11. The zero-order valence-electron chi connectivity index (χ0n) is 9.92. The van der Waals surface area contributed by atoms with E-state index in [9.17, 15) is 5.11 Å². The Hall–Kier alpha value is -1.75. The van der Waals surface area contributed by atoms with Crippen LogP contribution in [0.15, 0.2) is 23.0 Å². The number of rotatable bonds is 4. The molecular weight excluding hydrogens is 218 g/mol. The summed E-state index contributed by atoms with van der Waals surface area (Å²) in [5, 5.41) is 13.1. The summed E-state index contributed by atoms with van der Waals surface area (Å²) in [6.45, 7) is 3.71. The third-order valence-electron chi connectivity index (χ3n) is 2.52. The topological polar surface area (TPSA) is 72.0 Å². The van der Waals surface area contributed by atoms with Crippen LogP contribution in [0.2, 0.25) is 0 Å². The van der Waals surface area contributed by atoms with Crippen molar-refractivity contribution in [2.24, 2.45) is 0 Å². The fourth-order valence-corrected chi connectivity index (χ4v) is 1.50. The average Bonchev–Trinajstić information content (AvgIpc) is 2.75. The number of aromatic nitrogens is 3.